The lowest BCUT2D eigenvalue weighted by molar-refractivity contribution is -0.126. The molecule has 0 aliphatic carbocycles. The molecular weight excluding hydrogens is 316 g/mol. The maximum atomic E-state index is 11.4. The average molecular weight is 329 g/mol. The van der Waals surface area contributed by atoms with Crippen molar-refractivity contribution in [1.29, 1.82) is 0 Å². The number of amides is 1. The minimum atomic E-state index is -0.678. The summed E-state index contributed by atoms with van der Waals surface area (Å²) in [6.07, 6.45) is 1.69. The van der Waals surface area contributed by atoms with Gasteiger partial charge in [-0.1, -0.05) is 0 Å². The van der Waals surface area contributed by atoms with Crippen molar-refractivity contribution in [3.05, 3.63) is 21.5 Å². The number of rotatable bonds is 3. The van der Waals surface area contributed by atoms with E-state index in [0.717, 1.165) is 15.6 Å². The van der Waals surface area contributed by atoms with Gasteiger partial charge in [-0.05, 0) is 48.1 Å². The first-order valence-electron chi connectivity index (χ1n) is 5.35. The highest BCUT2D eigenvalue weighted by atomic mass is 79.9. The topological polar surface area (TPSA) is 76.7 Å². The molecule has 0 atom stereocenters. The van der Waals surface area contributed by atoms with Crippen LogP contribution in [0.3, 0.4) is 0 Å². The van der Waals surface area contributed by atoms with E-state index in [4.69, 9.17) is 18.0 Å². The van der Waals surface area contributed by atoms with E-state index in [1.165, 1.54) is 0 Å². The minimum Gasteiger partial charge on any atom is -0.369 e. The Morgan fingerprint density at radius 3 is 2.94 bits per heavy atom. The minimum absolute atomic E-state index is 0.365. The summed E-state index contributed by atoms with van der Waals surface area (Å²) in [5, 5.41) is 0. The fourth-order valence-electron chi connectivity index (χ4n) is 1.64. The van der Waals surface area contributed by atoms with E-state index >= 15 is 0 Å². The Balaban J connectivity index is 2.55. The summed E-state index contributed by atoms with van der Waals surface area (Å²) in [6.45, 7) is 3.97. The van der Waals surface area contributed by atoms with Crippen molar-refractivity contribution in [3.63, 3.8) is 0 Å². The Hall–Kier alpha value is -1.21. The van der Waals surface area contributed by atoms with Crippen LogP contribution in [0, 0.1) is 10.2 Å². The summed E-state index contributed by atoms with van der Waals surface area (Å²) in [5.74, 6) is -0.365. The quantitative estimate of drug-likeness (QED) is 0.849. The second-order valence-corrected chi connectivity index (χ2v) is 6.09. The molecule has 0 saturated carbocycles. The molecule has 2 aromatic heterocycles. The number of aromatic nitrogens is 3. The first-order chi connectivity index (χ1) is 8.31. The van der Waals surface area contributed by atoms with Crippen LogP contribution in [0.1, 0.15) is 13.8 Å². The van der Waals surface area contributed by atoms with Gasteiger partial charge in [-0.3, -0.25) is 4.79 Å². The average Bonchev–Trinajstić information content (AvgIpc) is 2.54. The highest BCUT2D eigenvalue weighted by molar-refractivity contribution is 9.10. The number of fused-ring (bicyclic) bond motifs is 1. The van der Waals surface area contributed by atoms with Gasteiger partial charge in [-0.15, -0.1) is 0 Å². The van der Waals surface area contributed by atoms with Crippen LogP contribution in [-0.2, 0) is 11.3 Å². The number of hydrogen-bond donors (Lipinski definition) is 2. The summed E-state index contributed by atoms with van der Waals surface area (Å²) in [6, 6.07) is 1.89. The number of imidazole rings is 1. The van der Waals surface area contributed by atoms with Crippen LogP contribution in [0.15, 0.2) is 16.7 Å². The van der Waals surface area contributed by atoms with E-state index in [2.05, 4.69) is 25.9 Å². The smallest absolute Gasteiger partial charge is 0.224 e. The third kappa shape index (κ3) is 2.32. The summed E-state index contributed by atoms with van der Waals surface area (Å²) < 4.78 is 3.19. The molecule has 0 bridgehead atoms. The highest BCUT2D eigenvalue weighted by Gasteiger charge is 2.26. The predicted octanol–water partition coefficient (Wildman–Crippen LogP) is 2.37. The van der Waals surface area contributed by atoms with Gasteiger partial charge in [0.15, 0.2) is 10.4 Å². The second-order valence-electron chi connectivity index (χ2n) is 4.79. The van der Waals surface area contributed by atoms with Crippen molar-refractivity contribution in [2.75, 3.05) is 0 Å². The van der Waals surface area contributed by atoms with Gasteiger partial charge in [-0.25, -0.2) is 4.98 Å². The van der Waals surface area contributed by atoms with Gasteiger partial charge < -0.3 is 15.3 Å². The Morgan fingerprint density at radius 2 is 2.33 bits per heavy atom. The third-order valence-electron chi connectivity index (χ3n) is 2.80. The lowest BCUT2D eigenvalue weighted by Crippen LogP contribution is -2.35. The second kappa shape index (κ2) is 4.47. The number of carbonyl (C=O) groups excluding carboxylic acids is 1. The van der Waals surface area contributed by atoms with Crippen molar-refractivity contribution in [1.82, 2.24) is 14.5 Å². The van der Waals surface area contributed by atoms with Crippen LogP contribution >= 0.6 is 28.1 Å². The molecular formula is C11H13BrN4OS. The van der Waals surface area contributed by atoms with Crippen LogP contribution in [0.2, 0.25) is 0 Å². The van der Waals surface area contributed by atoms with E-state index < -0.39 is 5.41 Å². The monoisotopic (exact) mass is 328 g/mol. The standard InChI is InChI=1S/C11H13BrN4OS/c1-11(2,9(13)17)5-16-8-7(15-10(16)18)3-6(12)4-14-8/h3-4H,5H2,1-2H3,(H2,13,17)(H,15,18). The van der Waals surface area contributed by atoms with Crippen molar-refractivity contribution < 1.29 is 4.79 Å². The van der Waals surface area contributed by atoms with Gasteiger partial charge in [0.05, 0.1) is 10.9 Å². The molecule has 1 amide bonds. The zero-order chi connectivity index (χ0) is 13.5. The van der Waals surface area contributed by atoms with Gasteiger partial charge in [0.1, 0.15) is 0 Å². The molecule has 0 unspecified atom stereocenters. The lowest BCUT2D eigenvalue weighted by atomic mass is 9.93. The van der Waals surface area contributed by atoms with E-state index in [0.29, 0.717) is 11.3 Å². The zero-order valence-electron chi connectivity index (χ0n) is 10.0. The number of halogens is 1. The number of nitrogens with one attached hydrogen (secondary N) is 1. The lowest BCUT2D eigenvalue weighted by Gasteiger charge is -2.20. The SMILES string of the molecule is CC(C)(Cn1c(=S)[nH]c2cc(Br)cnc21)C(N)=O. The molecule has 0 aliphatic rings. The summed E-state index contributed by atoms with van der Waals surface area (Å²) >= 11 is 8.60. The van der Waals surface area contributed by atoms with E-state index in [1.807, 2.05) is 6.07 Å². The predicted molar refractivity (Wildman–Crippen MR) is 75.6 cm³/mol. The molecule has 0 radical (unpaired) electrons. The molecule has 96 valence electrons. The van der Waals surface area contributed by atoms with Crippen molar-refractivity contribution in [3.8, 4) is 0 Å². The summed E-state index contributed by atoms with van der Waals surface area (Å²) in [7, 11) is 0. The third-order valence-corrected chi connectivity index (χ3v) is 3.55. The molecule has 2 aromatic rings. The number of hydrogen-bond acceptors (Lipinski definition) is 3. The molecule has 2 rings (SSSR count). The molecule has 5 nitrogen and oxygen atoms in total. The first-order valence-corrected chi connectivity index (χ1v) is 6.55. The number of primary amides is 1. The van der Waals surface area contributed by atoms with Gasteiger partial charge in [-0.2, -0.15) is 0 Å². The largest absolute Gasteiger partial charge is 0.369 e. The number of pyridine rings is 1. The number of nitrogens with two attached hydrogens (primary N) is 1. The number of aromatic amines is 1. The Labute approximate surface area is 118 Å². The van der Waals surface area contributed by atoms with Crippen LogP contribution in [0.5, 0.6) is 0 Å². The Morgan fingerprint density at radius 1 is 1.67 bits per heavy atom. The maximum absolute atomic E-state index is 11.4. The van der Waals surface area contributed by atoms with Gasteiger partial charge in [0.25, 0.3) is 0 Å². The number of carbonyl (C=O) groups is 1. The van der Waals surface area contributed by atoms with E-state index in [-0.39, 0.29) is 5.91 Å². The molecule has 3 N–H and O–H groups in total. The van der Waals surface area contributed by atoms with Crippen LogP contribution in [-0.4, -0.2) is 20.4 Å². The first kappa shape index (κ1) is 13.2. The van der Waals surface area contributed by atoms with Crippen LogP contribution < -0.4 is 5.73 Å². The molecule has 0 fully saturated rings. The van der Waals surface area contributed by atoms with Gasteiger partial charge in [0, 0.05) is 17.2 Å². The number of H-pyrrole nitrogens is 1. The Bertz CT molecular complexity index is 673. The van der Waals surface area contributed by atoms with Crippen molar-refractivity contribution >= 4 is 45.2 Å². The van der Waals surface area contributed by atoms with Crippen LogP contribution in [0.25, 0.3) is 11.2 Å². The molecule has 0 saturated heterocycles. The molecule has 2 heterocycles. The van der Waals surface area contributed by atoms with Crippen molar-refractivity contribution in [2.45, 2.75) is 20.4 Å². The molecule has 0 aliphatic heterocycles. The molecule has 0 aromatic carbocycles. The fourth-order valence-corrected chi connectivity index (χ4v) is 2.23. The molecule has 7 heteroatoms. The summed E-state index contributed by atoms with van der Waals surface area (Å²) in [5.41, 5.74) is 6.25. The fraction of sp³-hybridized carbons (Fsp3) is 0.364. The van der Waals surface area contributed by atoms with E-state index in [1.54, 1.807) is 24.6 Å². The van der Waals surface area contributed by atoms with Crippen molar-refractivity contribution in [2.24, 2.45) is 11.1 Å². The summed E-state index contributed by atoms with van der Waals surface area (Å²) in [4.78, 5) is 18.8. The zero-order valence-corrected chi connectivity index (χ0v) is 12.4. The normalized spacial score (nSPS) is 11.9. The molecule has 0 spiro atoms. The van der Waals surface area contributed by atoms with Gasteiger partial charge in [0.2, 0.25) is 5.91 Å². The van der Waals surface area contributed by atoms with Gasteiger partial charge >= 0.3 is 0 Å². The van der Waals surface area contributed by atoms with Crippen LogP contribution in [0.4, 0.5) is 0 Å². The number of nitrogens with zero attached hydrogens (tertiary/aromatic N) is 2. The van der Waals surface area contributed by atoms with E-state index in [9.17, 15) is 4.79 Å². The maximum Gasteiger partial charge on any atom is 0.224 e. The Kier molecular flexibility index (Phi) is 3.29. The molecule has 18 heavy (non-hydrogen) atoms. The highest BCUT2D eigenvalue weighted by Crippen LogP contribution is 2.22.